The minimum atomic E-state index is -0.255. The molecule has 17 heavy (non-hydrogen) atoms. The highest BCUT2D eigenvalue weighted by Gasteiger charge is 2.08. The Kier molecular flexibility index (Phi) is 5.95. The minimum absolute atomic E-state index is 0.255. The van der Waals surface area contributed by atoms with E-state index in [1.54, 1.807) is 12.1 Å². The first kappa shape index (κ1) is 14.5. The summed E-state index contributed by atoms with van der Waals surface area (Å²) in [5.74, 6) is 0.566. The molecular formula is C13H20BrNO2. The van der Waals surface area contributed by atoms with Crippen LogP contribution in [-0.4, -0.2) is 22.9 Å². The topological polar surface area (TPSA) is 52.5 Å². The van der Waals surface area contributed by atoms with E-state index < -0.39 is 0 Å². The maximum absolute atomic E-state index is 9.63. The van der Waals surface area contributed by atoms with Crippen molar-refractivity contribution in [2.45, 2.75) is 32.9 Å². The van der Waals surface area contributed by atoms with Gasteiger partial charge in [-0.15, -0.1) is 0 Å². The molecule has 0 spiro atoms. The zero-order valence-electron chi connectivity index (χ0n) is 10.3. The second-order valence-corrected chi connectivity index (χ2v) is 5.41. The Morgan fingerprint density at radius 2 is 2.06 bits per heavy atom. The van der Waals surface area contributed by atoms with Gasteiger partial charge in [-0.2, -0.15) is 0 Å². The van der Waals surface area contributed by atoms with E-state index in [-0.39, 0.29) is 11.9 Å². The molecule has 0 aromatic heterocycles. The molecule has 1 aromatic rings. The van der Waals surface area contributed by atoms with E-state index in [0.29, 0.717) is 12.5 Å². The molecule has 3 N–H and O–H groups in total. The maximum atomic E-state index is 9.63. The average Bonchev–Trinajstić information content (AvgIpc) is 2.28. The molecule has 3 nitrogen and oxygen atoms in total. The SMILES string of the molecule is CC(C)C(O)CCNCc1cc(O)ccc1Br. The molecule has 0 amide bonds. The van der Waals surface area contributed by atoms with Crippen LogP contribution in [0.1, 0.15) is 25.8 Å². The molecule has 0 aliphatic heterocycles. The van der Waals surface area contributed by atoms with E-state index in [9.17, 15) is 10.2 Å². The maximum Gasteiger partial charge on any atom is 0.115 e. The van der Waals surface area contributed by atoms with Crippen LogP contribution in [0.3, 0.4) is 0 Å². The number of phenols is 1. The quantitative estimate of drug-likeness (QED) is 0.708. The normalized spacial score (nSPS) is 13.0. The van der Waals surface area contributed by atoms with E-state index in [4.69, 9.17) is 0 Å². The molecule has 0 heterocycles. The third-order valence-electron chi connectivity index (χ3n) is 2.73. The highest BCUT2D eigenvalue weighted by atomic mass is 79.9. The number of rotatable bonds is 6. The molecule has 0 radical (unpaired) electrons. The smallest absolute Gasteiger partial charge is 0.115 e. The predicted molar refractivity (Wildman–Crippen MR) is 73.0 cm³/mol. The van der Waals surface area contributed by atoms with Crippen LogP contribution in [-0.2, 0) is 6.54 Å². The Balaban J connectivity index is 2.33. The lowest BCUT2D eigenvalue weighted by molar-refractivity contribution is 0.116. The van der Waals surface area contributed by atoms with Gasteiger partial charge in [-0.25, -0.2) is 0 Å². The van der Waals surface area contributed by atoms with Crippen LogP contribution in [0.2, 0.25) is 0 Å². The lowest BCUT2D eigenvalue weighted by atomic mass is 10.0. The van der Waals surface area contributed by atoms with Crippen LogP contribution in [0.25, 0.3) is 0 Å². The van der Waals surface area contributed by atoms with Gasteiger partial charge in [0.05, 0.1) is 6.10 Å². The molecule has 0 bridgehead atoms. The van der Waals surface area contributed by atoms with Crippen molar-refractivity contribution in [2.24, 2.45) is 5.92 Å². The molecule has 0 saturated carbocycles. The number of hydrogen-bond acceptors (Lipinski definition) is 3. The first-order valence-corrected chi connectivity index (χ1v) is 6.66. The summed E-state index contributed by atoms with van der Waals surface area (Å²) >= 11 is 3.43. The van der Waals surface area contributed by atoms with Crippen molar-refractivity contribution >= 4 is 15.9 Å². The first-order chi connectivity index (χ1) is 8.00. The molecule has 0 aliphatic rings. The highest BCUT2D eigenvalue weighted by molar-refractivity contribution is 9.10. The van der Waals surface area contributed by atoms with Crippen molar-refractivity contribution < 1.29 is 10.2 Å². The summed E-state index contributed by atoms with van der Waals surface area (Å²) in [7, 11) is 0. The molecule has 0 aliphatic carbocycles. The summed E-state index contributed by atoms with van der Waals surface area (Å²) in [6, 6.07) is 5.21. The minimum Gasteiger partial charge on any atom is -0.508 e. The second-order valence-electron chi connectivity index (χ2n) is 4.55. The molecule has 0 fully saturated rings. The number of nitrogens with one attached hydrogen (secondary N) is 1. The van der Waals surface area contributed by atoms with Gasteiger partial charge in [0.2, 0.25) is 0 Å². The van der Waals surface area contributed by atoms with Gasteiger partial charge in [-0.3, -0.25) is 0 Å². The summed E-state index contributed by atoms with van der Waals surface area (Å²) in [4.78, 5) is 0. The molecular weight excluding hydrogens is 282 g/mol. The van der Waals surface area contributed by atoms with Crippen LogP contribution in [0.4, 0.5) is 0 Å². The van der Waals surface area contributed by atoms with E-state index in [1.807, 2.05) is 19.9 Å². The number of phenolic OH excluding ortho intramolecular Hbond substituents is 1. The van der Waals surface area contributed by atoms with Crippen LogP contribution in [0.15, 0.2) is 22.7 Å². The number of aromatic hydroxyl groups is 1. The fraction of sp³-hybridized carbons (Fsp3) is 0.538. The standard InChI is InChI=1S/C13H20BrNO2/c1-9(2)13(17)5-6-15-8-10-7-11(16)3-4-12(10)14/h3-4,7,9,13,15-17H,5-6,8H2,1-2H3. The molecule has 4 heteroatoms. The fourth-order valence-electron chi connectivity index (χ4n) is 1.50. The number of aliphatic hydroxyl groups excluding tert-OH is 1. The Labute approximate surface area is 111 Å². The van der Waals surface area contributed by atoms with Crippen molar-refractivity contribution in [2.75, 3.05) is 6.54 Å². The number of hydrogen-bond donors (Lipinski definition) is 3. The first-order valence-electron chi connectivity index (χ1n) is 5.87. The fourth-order valence-corrected chi connectivity index (χ4v) is 1.89. The third kappa shape index (κ3) is 5.06. The van der Waals surface area contributed by atoms with Crippen molar-refractivity contribution in [1.29, 1.82) is 0 Å². The Bertz CT molecular complexity index is 355. The van der Waals surface area contributed by atoms with Crippen LogP contribution < -0.4 is 5.32 Å². The summed E-state index contributed by atoms with van der Waals surface area (Å²) in [5, 5.41) is 22.3. The summed E-state index contributed by atoms with van der Waals surface area (Å²) in [5.41, 5.74) is 1.02. The Hall–Kier alpha value is -0.580. The Morgan fingerprint density at radius 3 is 2.71 bits per heavy atom. The van der Waals surface area contributed by atoms with E-state index in [2.05, 4.69) is 21.2 Å². The number of benzene rings is 1. The third-order valence-corrected chi connectivity index (χ3v) is 3.50. The molecule has 96 valence electrons. The van der Waals surface area contributed by atoms with Gasteiger partial charge in [-0.1, -0.05) is 29.8 Å². The van der Waals surface area contributed by atoms with E-state index in [0.717, 1.165) is 23.0 Å². The molecule has 1 aromatic carbocycles. The van der Waals surface area contributed by atoms with Crippen molar-refractivity contribution in [3.63, 3.8) is 0 Å². The molecule has 1 unspecified atom stereocenters. The lowest BCUT2D eigenvalue weighted by Crippen LogP contribution is -2.23. The van der Waals surface area contributed by atoms with Crippen LogP contribution >= 0.6 is 15.9 Å². The highest BCUT2D eigenvalue weighted by Crippen LogP contribution is 2.21. The van der Waals surface area contributed by atoms with E-state index >= 15 is 0 Å². The largest absolute Gasteiger partial charge is 0.508 e. The van der Waals surface area contributed by atoms with Gasteiger partial charge in [-0.05, 0) is 42.6 Å². The Morgan fingerprint density at radius 1 is 1.35 bits per heavy atom. The summed E-state index contributed by atoms with van der Waals surface area (Å²) in [6.45, 7) is 5.47. The number of halogens is 1. The zero-order valence-corrected chi connectivity index (χ0v) is 11.9. The average molecular weight is 302 g/mol. The van der Waals surface area contributed by atoms with Gasteiger partial charge < -0.3 is 15.5 Å². The van der Waals surface area contributed by atoms with Crippen molar-refractivity contribution in [3.05, 3.63) is 28.2 Å². The van der Waals surface area contributed by atoms with Crippen molar-refractivity contribution in [1.82, 2.24) is 5.32 Å². The molecule has 1 atom stereocenters. The number of aliphatic hydroxyl groups is 1. The summed E-state index contributed by atoms with van der Waals surface area (Å²) in [6.07, 6.45) is 0.490. The van der Waals surface area contributed by atoms with Gasteiger partial charge >= 0.3 is 0 Å². The monoisotopic (exact) mass is 301 g/mol. The van der Waals surface area contributed by atoms with Crippen LogP contribution in [0.5, 0.6) is 5.75 Å². The predicted octanol–water partition coefficient (Wildman–Crippen LogP) is 2.65. The van der Waals surface area contributed by atoms with E-state index in [1.165, 1.54) is 0 Å². The van der Waals surface area contributed by atoms with Gasteiger partial charge in [0.25, 0.3) is 0 Å². The van der Waals surface area contributed by atoms with Crippen molar-refractivity contribution in [3.8, 4) is 5.75 Å². The van der Waals surface area contributed by atoms with Gasteiger partial charge in [0.1, 0.15) is 5.75 Å². The van der Waals surface area contributed by atoms with Gasteiger partial charge in [0, 0.05) is 11.0 Å². The summed E-state index contributed by atoms with van der Waals surface area (Å²) < 4.78 is 0.979. The molecule has 1 rings (SSSR count). The van der Waals surface area contributed by atoms with Gasteiger partial charge in [0.15, 0.2) is 0 Å². The second kappa shape index (κ2) is 6.99. The van der Waals surface area contributed by atoms with Crippen LogP contribution in [0, 0.1) is 5.92 Å². The molecule has 0 saturated heterocycles. The zero-order chi connectivity index (χ0) is 12.8. The lowest BCUT2D eigenvalue weighted by Gasteiger charge is -2.14.